The van der Waals surface area contributed by atoms with E-state index in [4.69, 9.17) is 4.74 Å². The van der Waals surface area contributed by atoms with Gasteiger partial charge >= 0.3 is 0 Å². The van der Waals surface area contributed by atoms with Crippen LogP contribution in [0.4, 0.5) is 5.82 Å². The number of benzene rings is 2. The van der Waals surface area contributed by atoms with E-state index in [1.54, 1.807) is 12.4 Å². The van der Waals surface area contributed by atoms with Crippen molar-refractivity contribution in [3.63, 3.8) is 0 Å². The number of carbonyl (C=O) groups excluding carboxylic acids is 1. The molecule has 2 fully saturated rings. The van der Waals surface area contributed by atoms with Crippen LogP contribution in [0, 0.1) is 5.92 Å². The van der Waals surface area contributed by atoms with Crippen molar-refractivity contribution in [3.8, 4) is 11.6 Å². The molecule has 5 rings (SSSR count). The molecule has 0 radical (unpaired) electrons. The minimum Gasteiger partial charge on any atom is -0.436 e. The van der Waals surface area contributed by atoms with Gasteiger partial charge in [0.2, 0.25) is 5.91 Å². The maximum Gasteiger partial charge on any atom is 0.263 e. The lowest BCUT2D eigenvalue weighted by Gasteiger charge is -2.36. The molecule has 0 saturated carbocycles. The highest BCUT2D eigenvalue weighted by Gasteiger charge is 2.30. The molecule has 3 aromatic rings. The van der Waals surface area contributed by atoms with Crippen LogP contribution in [-0.2, 0) is 11.3 Å². The summed E-state index contributed by atoms with van der Waals surface area (Å²) >= 11 is 0. The lowest BCUT2D eigenvalue weighted by molar-refractivity contribution is -0.126. The second kappa shape index (κ2) is 11.3. The van der Waals surface area contributed by atoms with Gasteiger partial charge in [0.25, 0.3) is 5.88 Å². The molecule has 2 aliphatic heterocycles. The van der Waals surface area contributed by atoms with E-state index in [2.05, 4.69) is 55.4 Å². The lowest BCUT2D eigenvalue weighted by atomic mass is 9.95. The van der Waals surface area contributed by atoms with Crippen molar-refractivity contribution in [1.29, 1.82) is 0 Å². The molecule has 0 spiro atoms. The number of anilines is 1. The average molecular weight is 472 g/mol. The van der Waals surface area contributed by atoms with E-state index in [0.717, 1.165) is 57.6 Å². The molecular weight excluding hydrogens is 438 g/mol. The number of ether oxygens (including phenoxy) is 1. The summed E-state index contributed by atoms with van der Waals surface area (Å²) in [7, 11) is 0. The molecule has 2 saturated heterocycles. The predicted molar refractivity (Wildman–Crippen MR) is 136 cm³/mol. The number of carbonyl (C=O) groups is 1. The van der Waals surface area contributed by atoms with Gasteiger partial charge in [-0.3, -0.25) is 9.69 Å². The zero-order valence-corrected chi connectivity index (χ0v) is 20.1. The summed E-state index contributed by atoms with van der Waals surface area (Å²) < 4.78 is 6.01. The van der Waals surface area contributed by atoms with E-state index in [9.17, 15) is 4.79 Å². The molecule has 0 bridgehead atoms. The standard InChI is InChI=1S/C28H33N5O2/c34-27(31-24-13-18-32(19-14-24)20-22-8-3-1-4-9-22)23-10-7-17-33(21-23)26-28(30-16-15-29-26)35-25-11-5-2-6-12-25/h1-6,8-9,11-12,15-16,23-24H,7,10,13-14,17-21H2,(H,31,34)/t23-/m0/s1. The maximum absolute atomic E-state index is 13.2. The van der Waals surface area contributed by atoms with Crippen LogP contribution in [-0.4, -0.2) is 53.0 Å². The van der Waals surface area contributed by atoms with Crippen molar-refractivity contribution in [1.82, 2.24) is 20.2 Å². The van der Waals surface area contributed by atoms with E-state index < -0.39 is 0 Å². The highest BCUT2D eigenvalue weighted by Crippen LogP contribution is 2.31. The van der Waals surface area contributed by atoms with E-state index in [1.165, 1.54) is 5.56 Å². The Balaban J connectivity index is 1.15. The molecule has 2 aliphatic rings. The van der Waals surface area contributed by atoms with Gasteiger partial charge in [0.05, 0.1) is 5.92 Å². The summed E-state index contributed by atoms with van der Waals surface area (Å²) in [5, 5.41) is 3.34. The van der Waals surface area contributed by atoms with Crippen LogP contribution in [0.1, 0.15) is 31.2 Å². The molecule has 35 heavy (non-hydrogen) atoms. The number of rotatable bonds is 7. The summed E-state index contributed by atoms with van der Waals surface area (Å²) in [5.74, 6) is 2.00. The topological polar surface area (TPSA) is 70.6 Å². The molecule has 7 heteroatoms. The van der Waals surface area contributed by atoms with Crippen molar-refractivity contribution >= 4 is 11.7 Å². The van der Waals surface area contributed by atoms with Crippen LogP contribution in [0.25, 0.3) is 0 Å². The predicted octanol–water partition coefficient (Wildman–Crippen LogP) is 4.27. The van der Waals surface area contributed by atoms with Gasteiger partial charge in [-0.15, -0.1) is 0 Å². The zero-order chi connectivity index (χ0) is 23.9. The number of hydrogen-bond acceptors (Lipinski definition) is 6. The Labute approximate surface area is 207 Å². The van der Waals surface area contributed by atoms with Gasteiger partial charge in [0.15, 0.2) is 5.82 Å². The van der Waals surface area contributed by atoms with Crippen molar-refractivity contribution in [2.75, 3.05) is 31.1 Å². The third kappa shape index (κ3) is 6.17. The van der Waals surface area contributed by atoms with Crippen LogP contribution >= 0.6 is 0 Å². The normalized spacial score (nSPS) is 19.3. The Morgan fingerprint density at radius 3 is 2.40 bits per heavy atom. The number of hydrogen-bond donors (Lipinski definition) is 1. The van der Waals surface area contributed by atoms with Crippen LogP contribution in [0.5, 0.6) is 11.6 Å². The van der Waals surface area contributed by atoms with Crippen LogP contribution in [0.15, 0.2) is 73.1 Å². The Hall–Kier alpha value is -3.45. The third-order valence-electron chi connectivity index (χ3n) is 6.88. The average Bonchev–Trinajstić information content (AvgIpc) is 2.91. The SMILES string of the molecule is O=C(NC1CCN(Cc2ccccc2)CC1)[C@H]1CCCN(c2nccnc2Oc2ccccc2)C1. The molecule has 0 aliphatic carbocycles. The Morgan fingerprint density at radius 1 is 0.914 bits per heavy atom. The molecule has 1 amide bonds. The van der Waals surface area contributed by atoms with Gasteiger partial charge in [-0.25, -0.2) is 9.97 Å². The molecule has 1 aromatic heterocycles. The van der Waals surface area contributed by atoms with Crippen LogP contribution < -0.4 is 15.0 Å². The molecule has 182 valence electrons. The molecule has 0 unspecified atom stereocenters. The van der Waals surface area contributed by atoms with Crippen molar-refractivity contribution < 1.29 is 9.53 Å². The van der Waals surface area contributed by atoms with Crippen molar-refractivity contribution in [3.05, 3.63) is 78.6 Å². The van der Waals surface area contributed by atoms with Crippen LogP contribution in [0.3, 0.4) is 0 Å². The number of aromatic nitrogens is 2. The van der Waals surface area contributed by atoms with Crippen molar-refractivity contribution in [2.24, 2.45) is 5.92 Å². The lowest BCUT2D eigenvalue weighted by Crippen LogP contribution is -2.49. The van der Waals surface area contributed by atoms with Crippen LogP contribution in [0.2, 0.25) is 0 Å². The Kier molecular flexibility index (Phi) is 7.53. The van der Waals surface area contributed by atoms with Gasteiger partial charge in [0.1, 0.15) is 5.75 Å². The maximum atomic E-state index is 13.2. The van der Waals surface area contributed by atoms with E-state index in [0.29, 0.717) is 18.2 Å². The monoisotopic (exact) mass is 471 g/mol. The highest BCUT2D eigenvalue weighted by molar-refractivity contribution is 5.80. The first kappa shape index (κ1) is 23.3. The Bertz CT molecular complexity index is 1090. The first-order valence-corrected chi connectivity index (χ1v) is 12.6. The van der Waals surface area contributed by atoms with Gasteiger partial charge in [-0.1, -0.05) is 48.5 Å². The number of piperidine rings is 2. The number of amides is 1. The second-order valence-electron chi connectivity index (χ2n) is 9.43. The largest absolute Gasteiger partial charge is 0.436 e. The molecule has 1 N–H and O–H groups in total. The molecular formula is C28H33N5O2. The minimum absolute atomic E-state index is 0.0577. The second-order valence-corrected chi connectivity index (χ2v) is 9.43. The van der Waals surface area contributed by atoms with Gasteiger partial charge in [-0.2, -0.15) is 0 Å². The summed E-state index contributed by atoms with van der Waals surface area (Å²) in [5.41, 5.74) is 1.34. The molecule has 2 aromatic carbocycles. The smallest absolute Gasteiger partial charge is 0.263 e. The van der Waals surface area contributed by atoms with E-state index >= 15 is 0 Å². The summed E-state index contributed by atoms with van der Waals surface area (Å²) in [4.78, 5) is 26.8. The summed E-state index contributed by atoms with van der Waals surface area (Å²) in [6.07, 6.45) is 7.14. The number of nitrogens with one attached hydrogen (secondary N) is 1. The van der Waals surface area contributed by atoms with Gasteiger partial charge in [-0.05, 0) is 43.4 Å². The number of likely N-dealkylation sites (tertiary alicyclic amines) is 1. The zero-order valence-electron chi connectivity index (χ0n) is 20.1. The first-order valence-electron chi connectivity index (χ1n) is 12.6. The minimum atomic E-state index is -0.0577. The molecule has 1 atom stereocenters. The number of nitrogens with zero attached hydrogens (tertiary/aromatic N) is 4. The van der Waals surface area contributed by atoms with Gasteiger partial charge < -0.3 is 15.0 Å². The fourth-order valence-corrected chi connectivity index (χ4v) is 4.99. The van der Waals surface area contributed by atoms with E-state index in [-0.39, 0.29) is 17.9 Å². The van der Waals surface area contributed by atoms with Crippen molar-refractivity contribution in [2.45, 2.75) is 38.3 Å². The number of para-hydroxylation sites is 1. The molecule has 7 nitrogen and oxygen atoms in total. The fourth-order valence-electron chi connectivity index (χ4n) is 4.99. The fraction of sp³-hybridized carbons (Fsp3) is 0.393. The summed E-state index contributed by atoms with van der Waals surface area (Å²) in [6, 6.07) is 20.4. The summed E-state index contributed by atoms with van der Waals surface area (Å²) in [6.45, 7) is 4.46. The third-order valence-corrected chi connectivity index (χ3v) is 6.88. The quantitative estimate of drug-likeness (QED) is 0.555. The highest BCUT2D eigenvalue weighted by atomic mass is 16.5. The first-order chi connectivity index (χ1) is 17.2. The molecule has 3 heterocycles. The van der Waals surface area contributed by atoms with E-state index in [1.807, 2.05) is 30.3 Å². The Morgan fingerprint density at radius 2 is 1.63 bits per heavy atom. The van der Waals surface area contributed by atoms with Gasteiger partial charge in [0, 0.05) is 51.2 Å².